The number of piperidine rings is 1. The Balaban J connectivity index is 1.96. The van der Waals surface area contributed by atoms with Crippen molar-refractivity contribution in [3.63, 3.8) is 0 Å². The third-order valence-electron chi connectivity index (χ3n) is 4.00. The van der Waals surface area contributed by atoms with Gasteiger partial charge in [-0.05, 0) is 58.2 Å². The van der Waals surface area contributed by atoms with Crippen LogP contribution < -0.4 is 4.90 Å². The molecule has 0 amide bonds. The molecule has 1 saturated heterocycles. The number of hydrogen-bond donors (Lipinski definition) is 0. The van der Waals surface area contributed by atoms with Crippen molar-refractivity contribution in [3.8, 4) is 0 Å². The first-order valence-electron chi connectivity index (χ1n) is 8.04. The molecule has 1 aliphatic rings. The van der Waals surface area contributed by atoms with Crippen LogP contribution in [0.25, 0.3) is 10.9 Å². The molecule has 0 spiro atoms. The first-order chi connectivity index (χ1) is 10.5. The maximum Gasteiger partial charge on any atom is 0.418 e. The summed E-state index contributed by atoms with van der Waals surface area (Å²) >= 11 is 0. The van der Waals surface area contributed by atoms with Gasteiger partial charge in [0.25, 0.3) is 0 Å². The molecule has 0 atom stereocenters. The van der Waals surface area contributed by atoms with Crippen LogP contribution >= 0.6 is 0 Å². The highest BCUT2D eigenvalue weighted by atomic mass is 16.6. The minimum atomic E-state index is -0.488. The number of carbonyl (C=O) groups is 1. The van der Waals surface area contributed by atoms with Crippen molar-refractivity contribution in [2.24, 2.45) is 0 Å². The van der Waals surface area contributed by atoms with E-state index in [1.807, 2.05) is 45.2 Å². The second kappa shape index (κ2) is 5.67. The third-order valence-corrected chi connectivity index (χ3v) is 4.00. The van der Waals surface area contributed by atoms with Crippen molar-refractivity contribution in [3.05, 3.63) is 30.5 Å². The van der Waals surface area contributed by atoms with Gasteiger partial charge in [-0.1, -0.05) is 6.07 Å². The van der Waals surface area contributed by atoms with E-state index < -0.39 is 5.60 Å². The van der Waals surface area contributed by atoms with Crippen molar-refractivity contribution in [1.29, 1.82) is 0 Å². The smallest absolute Gasteiger partial charge is 0.418 e. The molecule has 0 radical (unpaired) electrons. The first-order valence-corrected chi connectivity index (χ1v) is 8.04. The Bertz CT molecular complexity index is 676. The molecule has 22 heavy (non-hydrogen) atoms. The van der Waals surface area contributed by atoms with Gasteiger partial charge in [-0.3, -0.25) is 4.57 Å². The Morgan fingerprint density at radius 1 is 1.09 bits per heavy atom. The number of benzene rings is 1. The molecule has 1 aromatic heterocycles. The molecule has 1 aliphatic heterocycles. The zero-order chi connectivity index (χ0) is 15.7. The molecule has 4 heteroatoms. The van der Waals surface area contributed by atoms with E-state index in [2.05, 4.69) is 11.0 Å². The predicted molar refractivity (Wildman–Crippen MR) is 89.6 cm³/mol. The normalized spacial score (nSPS) is 16.0. The molecule has 0 aliphatic carbocycles. The maximum absolute atomic E-state index is 12.4. The number of nitrogens with zero attached hydrogens (tertiary/aromatic N) is 2. The van der Waals surface area contributed by atoms with Gasteiger partial charge in [-0.15, -0.1) is 0 Å². The largest absolute Gasteiger partial charge is 0.443 e. The van der Waals surface area contributed by atoms with Crippen molar-refractivity contribution in [1.82, 2.24) is 4.57 Å². The van der Waals surface area contributed by atoms with Crippen LogP contribution in [-0.4, -0.2) is 29.4 Å². The summed E-state index contributed by atoms with van der Waals surface area (Å²) in [4.78, 5) is 14.8. The number of fused-ring (bicyclic) bond motifs is 1. The number of ether oxygens (including phenoxy) is 1. The lowest BCUT2D eigenvalue weighted by Crippen LogP contribution is -2.29. The molecule has 4 nitrogen and oxygen atoms in total. The van der Waals surface area contributed by atoms with E-state index in [-0.39, 0.29) is 6.09 Å². The van der Waals surface area contributed by atoms with E-state index in [9.17, 15) is 4.79 Å². The number of aromatic nitrogens is 1. The highest BCUT2D eigenvalue weighted by Crippen LogP contribution is 2.30. The van der Waals surface area contributed by atoms with Crippen molar-refractivity contribution in [2.75, 3.05) is 18.0 Å². The highest BCUT2D eigenvalue weighted by Gasteiger charge is 2.20. The fraction of sp³-hybridized carbons (Fsp3) is 0.500. The number of carbonyl (C=O) groups excluding carboxylic acids is 1. The molecular formula is C18H24N2O2. The molecule has 2 heterocycles. The Labute approximate surface area is 131 Å². The van der Waals surface area contributed by atoms with Crippen LogP contribution in [0.5, 0.6) is 0 Å². The zero-order valence-corrected chi connectivity index (χ0v) is 13.6. The molecule has 0 unspecified atom stereocenters. The number of hydrogen-bond acceptors (Lipinski definition) is 3. The number of anilines is 1. The highest BCUT2D eigenvalue weighted by molar-refractivity contribution is 5.97. The average Bonchev–Trinajstić information content (AvgIpc) is 2.90. The van der Waals surface area contributed by atoms with Crippen molar-refractivity contribution < 1.29 is 9.53 Å². The summed E-state index contributed by atoms with van der Waals surface area (Å²) in [6.07, 6.45) is 5.28. The second-order valence-electron chi connectivity index (χ2n) is 6.92. The molecule has 0 N–H and O–H groups in total. The quantitative estimate of drug-likeness (QED) is 0.782. The molecule has 0 saturated carbocycles. The number of rotatable bonds is 1. The lowest BCUT2D eigenvalue weighted by molar-refractivity contribution is 0.0544. The topological polar surface area (TPSA) is 34.5 Å². The molecular weight excluding hydrogens is 276 g/mol. The second-order valence-corrected chi connectivity index (χ2v) is 6.92. The minimum absolute atomic E-state index is 0.321. The van der Waals surface area contributed by atoms with Gasteiger partial charge in [0.05, 0.1) is 5.52 Å². The van der Waals surface area contributed by atoms with Crippen LogP contribution in [-0.2, 0) is 4.74 Å². The van der Waals surface area contributed by atoms with Gasteiger partial charge < -0.3 is 9.64 Å². The summed E-state index contributed by atoms with van der Waals surface area (Å²) in [7, 11) is 0. The summed E-state index contributed by atoms with van der Waals surface area (Å²) in [6, 6.07) is 8.16. The minimum Gasteiger partial charge on any atom is -0.443 e. The van der Waals surface area contributed by atoms with Crippen LogP contribution in [0.4, 0.5) is 10.5 Å². The van der Waals surface area contributed by atoms with Crippen molar-refractivity contribution >= 4 is 22.7 Å². The van der Waals surface area contributed by atoms with Crippen LogP contribution in [0.1, 0.15) is 40.0 Å². The molecule has 1 fully saturated rings. The Morgan fingerprint density at radius 2 is 1.82 bits per heavy atom. The maximum atomic E-state index is 12.4. The standard InChI is InChI=1S/C18H24N2O2/c1-18(2,3)22-17(21)20-13-10-14-15(8-7-9-16(14)20)19-11-5-4-6-12-19/h7-10,13H,4-6,11-12H2,1-3H3. The van der Waals surface area contributed by atoms with Gasteiger partial charge >= 0.3 is 6.09 Å². The van der Waals surface area contributed by atoms with Crippen molar-refractivity contribution in [2.45, 2.75) is 45.6 Å². The lowest BCUT2D eigenvalue weighted by Gasteiger charge is -2.29. The predicted octanol–water partition coefficient (Wildman–Crippen LogP) is 4.41. The summed E-state index contributed by atoms with van der Waals surface area (Å²) in [5.74, 6) is 0. The zero-order valence-electron chi connectivity index (χ0n) is 13.6. The van der Waals surface area contributed by atoms with E-state index in [0.29, 0.717) is 0 Å². The Hall–Kier alpha value is -1.97. The van der Waals surface area contributed by atoms with Gasteiger partial charge in [0.15, 0.2) is 0 Å². The summed E-state index contributed by atoms with van der Waals surface area (Å²) in [5, 5.41) is 1.12. The SMILES string of the molecule is CC(C)(C)OC(=O)n1ccc2c(N3CCCCC3)cccc21. The van der Waals surface area contributed by atoms with Gasteiger partial charge in [-0.25, -0.2) is 4.79 Å². The summed E-state index contributed by atoms with van der Waals surface area (Å²) < 4.78 is 7.09. The monoisotopic (exact) mass is 300 g/mol. The van der Waals surface area contributed by atoms with E-state index in [4.69, 9.17) is 4.74 Å². The summed E-state index contributed by atoms with van der Waals surface area (Å²) in [5.41, 5.74) is 1.65. The summed E-state index contributed by atoms with van der Waals surface area (Å²) in [6.45, 7) is 7.84. The molecule has 1 aromatic carbocycles. The molecule has 0 bridgehead atoms. The van der Waals surface area contributed by atoms with Gasteiger partial charge in [0, 0.05) is 30.4 Å². The Kier molecular flexibility index (Phi) is 3.85. The van der Waals surface area contributed by atoms with Crippen LogP contribution in [0, 0.1) is 0 Å². The van der Waals surface area contributed by atoms with Gasteiger partial charge in [-0.2, -0.15) is 0 Å². The molecule has 2 aromatic rings. The Morgan fingerprint density at radius 3 is 2.50 bits per heavy atom. The first kappa shape index (κ1) is 14.9. The average molecular weight is 300 g/mol. The van der Waals surface area contributed by atoms with Crippen LogP contribution in [0.2, 0.25) is 0 Å². The van der Waals surface area contributed by atoms with E-state index >= 15 is 0 Å². The molecule has 118 valence electrons. The molecule has 3 rings (SSSR count). The van der Waals surface area contributed by atoms with E-state index in [0.717, 1.165) is 24.0 Å². The van der Waals surface area contributed by atoms with Gasteiger partial charge in [0.2, 0.25) is 0 Å². The lowest BCUT2D eigenvalue weighted by atomic mass is 10.1. The van der Waals surface area contributed by atoms with E-state index in [1.54, 1.807) is 4.57 Å². The van der Waals surface area contributed by atoms with Crippen LogP contribution in [0.15, 0.2) is 30.5 Å². The van der Waals surface area contributed by atoms with Gasteiger partial charge in [0.1, 0.15) is 5.60 Å². The third kappa shape index (κ3) is 2.96. The van der Waals surface area contributed by atoms with E-state index in [1.165, 1.54) is 24.9 Å². The fourth-order valence-corrected chi connectivity index (χ4v) is 3.03. The van der Waals surface area contributed by atoms with Crippen LogP contribution in [0.3, 0.4) is 0 Å². The fourth-order valence-electron chi connectivity index (χ4n) is 3.03.